The van der Waals surface area contributed by atoms with E-state index in [1.807, 2.05) is 0 Å². The molecule has 1 unspecified atom stereocenters. The van der Waals surface area contributed by atoms with Crippen LogP contribution in [0.15, 0.2) is 133 Å². The van der Waals surface area contributed by atoms with E-state index in [9.17, 15) is 70.4 Å². The van der Waals surface area contributed by atoms with Crippen molar-refractivity contribution in [3.8, 4) is 17.2 Å². The topological polar surface area (TPSA) is 525 Å². The molecule has 5 aliphatic carbocycles. The second-order valence-corrected chi connectivity index (χ2v) is 25.1. The third-order valence-electron chi connectivity index (χ3n) is 14.7. The van der Waals surface area contributed by atoms with Gasteiger partial charge in [-0.25, -0.2) is 0 Å². The maximum Gasteiger partial charge on any atom is 0.340 e. The Hall–Kier alpha value is -11.6. The summed E-state index contributed by atoms with van der Waals surface area (Å²) in [7, 11) is -17.2. The molecule has 5 aromatic carbocycles. The first-order chi connectivity index (χ1) is 41.1. The van der Waals surface area contributed by atoms with Crippen molar-refractivity contribution in [2.75, 3.05) is 0 Å². The summed E-state index contributed by atoms with van der Waals surface area (Å²) in [5.41, 5.74) is 44.7. The average molecular weight is 1230 g/mol. The minimum Gasteiger partial charge on any atom is -0.379 e. The van der Waals surface area contributed by atoms with Gasteiger partial charge in [0.05, 0.1) is 0 Å². The molecule has 36 heteroatoms. The number of fused-ring (bicyclic) bond motifs is 7. The second-order valence-electron chi connectivity index (χ2n) is 20.6. The largest absolute Gasteiger partial charge is 0.379 e. The van der Waals surface area contributed by atoms with Gasteiger partial charge in [0.15, 0.2) is 11.5 Å². The second kappa shape index (κ2) is 20.7. The Morgan fingerprint density at radius 1 is 0.391 bits per heavy atom. The Kier molecular flexibility index (Phi) is 13.9. The first-order valence-electron chi connectivity index (χ1n) is 24.5. The summed E-state index contributed by atoms with van der Waals surface area (Å²) in [5, 5.41) is 20.1. The molecule has 5 aliphatic rings. The number of carbonyl (C=O) groups is 6. The monoisotopic (exact) mass is 1230 g/mol. The fourth-order valence-electron chi connectivity index (χ4n) is 11.8. The van der Waals surface area contributed by atoms with E-state index < -0.39 is 181 Å². The number of hydrogen-bond donors (Lipinski definition) is 0. The van der Waals surface area contributed by atoms with Crippen LogP contribution in [-0.2, 0) is 61.0 Å². The number of Topliss-reactive ketones (excluding diaryl/α,β-unsaturated/α-hetero) is 6. The molecule has 0 saturated carbocycles. The van der Waals surface area contributed by atoms with Crippen molar-refractivity contribution in [2.24, 2.45) is 30.7 Å². The summed E-state index contributed by atoms with van der Waals surface area (Å²) in [4.78, 5) is 92.7. The Morgan fingerprint density at radius 3 is 1.07 bits per heavy atom. The lowest BCUT2D eigenvalue weighted by Gasteiger charge is -2.31. The molecule has 0 heterocycles. The van der Waals surface area contributed by atoms with Crippen LogP contribution in [0, 0.1) is 0 Å². The predicted octanol–water partition coefficient (Wildman–Crippen LogP) is 11.6. The highest BCUT2D eigenvalue weighted by molar-refractivity contribution is 7.97. The lowest BCUT2D eigenvalue weighted by Crippen LogP contribution is -2.28. The smallest absolute Gasteiger partial charge is 0.340 e. The molecule has 5 aromatic rings. The molecule has 0 N–H and O–H groups in total. The zero-order chi connectivity index (χ0) is 63.1. The van der Waals surface area contributed by atoms with Gasteiger partial charge in [-0.15, -0.1) is 0 Å². The molecule has 1 spiro atoms. The summed E-state index contributed by atoms with van der Waals surface area (Å²) in [5.74, 6) is -11.8. The molecular formula is C51H30N18O15S3. The molecule has 0 saturated heterocycles. The van der Waals surface area contributed by atoms with E-state index in [0.29, 0.717) is 5.56 Å². The minimum absolute atomic E-state index is 0.0204. The Morgan fingerprint density at radius 2 is 0.713 bits per heavy atom. The van der Waals surface area contributed by atoms with Crippen LogP contribution in [0.5, 0.6) is 17.2 Å². The van der Waals surface area contributed by atoms with Crippen LogP contribution in [0.1, 0.15) is 111 Å². The van der Waals surface area contributed by atoms with Crippen LogP contribution in [0.25, 0.3) is 77.4 Å². The van der Waals surface area contributed by atoms with Crippen LogP contribution in [0.2, 0.25) is 0 Å². The van der Waals surface area contributed by atoms with Crippen molar-refractivity contribution in [2.45, 2.75) is 56.8 Å². The molecule has 0 fully saturated rings. The molecule has 1 atom stereocenters. The highest BCUT2D eigenvalue weighted by atomic mass is 32.2. The lowest BCUT2D eigenvalue weighted by molar-refractivity contribution is -0.112. The molecule has 0 aromatic heterocycles. The summed E-state index contributed by atoms with van der Waals surface area (Å²) >= 11 is 0. The van der Waals surface area contributed by atoms with E-state index in [-0.39, 0.29) is 29.5 Å². The Labute approximate surface area is 486 Å². The van der Waals surface area contributed by atoms with E-state index >= 15 is 16.8 Å². The molecular weight excluding hydrogens is 1200 g/mol. The highest BCUT2D eigenvalue weighted by Gasteiger charge is 2.58. The van der Waals surface area contributed by atoms with Gasteiger partial charge in [-0.3, -0.25) is 28.8 Å². The fraction of sp³-hybridized carbons (Fsp3) is 0.176. The number of rotatable bonds is 15. The zero-order valence-corrected chi connectivity index (χ0v) is 46.8. The van der Waals surface area contributed by atoms with Gasteiger partial charge < -0.3 is 12.5 Å². The SMILES string of the molecule is CC1(C)CC2(CC(C)(C)c3cc(OS(=O)(=O)C4=C(N=[N+]=[N-])C(=O)C(=O)c5cccc(N=[N+]=[N-])c54)c(OS(=O)(=O)C4=C(N=[N+]=[N-])C(=O)C(=O)c5cccc(N=[N+]=[N-])c54)cc32)c2cc(OS(=O)(=O)C3=C(N=[N+]=[N-])C(=O)C(=O)c4cccc(N=[N+]=[N-])c43)ccc21. The van der Waals surface area contributed by atoms with Crippen molar-refractivity contribution in [1.82, 2.24) is 0 Å². The number of hydrogen-bond acceptors (Lipinski definition) is 21. The molecule has 10 rings (SSSR count). The van der Waals surface area contributed by atoms with E-state index in [1.54, 1.807) is 27.7 Å². The summed E-state index contributed by atoms with van der Waals surface area (Å²) < 4.78 is 108. The van der Waals surface area contributed by atoms with Crippen molar-refractivity contribution in [3.63, 3.8) is 0 Å². The van der Waals surface area contributed by atoms with E-state index in [2.05, 4.69) is 60.2 Å². The van der Waals surface area contributed by atoms with E-state index in [4.69, 9.17) is 12.5 Å². The molecule has 432 valence electrons. The van der Waals surface area contributed by atoms with Crippen LogP contribution in [-0.4, -0.2) is 60.0 Å². The van der Waals surface area contributed by atoms with Gasteiger partial charge in [0.1, 0.15) is 37.6 Å². The van der Waals surface area contributed by atoms with Gasteiger partial charge in [-0.2, -0.15) is 25.3 Å². The first kappa shape index (κ1) is 58.6. The predicted molar refractivity (Wildman–Crippen MR) is 300 cm³/mol. The maximum absolute atomic E-state index is 15.3. The van der Waals surface area contributed by atoms with Crippen LogP contribution < -0.4 is 12.5 Å². The van der Waals surface area contributed by atoms with Gasteiger partial charge in [-0.05, 0) is 103 Å². The standard InChI is InChI=1S/C51H30N18O15S3/c1-49(2)19-51(27-16-21(14-15-25(27)49)82-85(76,77)46-34-22(8-5-11-29(34)58-64-52)40(70)43(73)37(46)61-67-55)20-50(3,4)26-17-32(83-86(78,79)47-35-23(9-6-12-30(35)59-65-53)41(71)44(74)38(47)62-68-56)33(18-28(26)51)84-87(80,81)48-36-24(10-7-13-31(36)60-66-54)42(72)45(75)39(48)63-69-57/h5-18H,19-20H2,1-4H3. The summed E-state index contributed by atoms with van der Waals surface area (Å²) in [6.07, 6.45) is 0.0367. The molecule has 0 radical (unpaired) electrons. The number of ketones is 6. The van der Waals surface area contributed by atoms with Crippen LogP contribution in [0.3, 0.4) is 0 Å². The van der Waals surface area contributed by atoms with Crippen LogP contribution >= 0.6 is 0 Å². The zero-order valence-electron chi connectivity index (χ0n) is 44.4. The lowest BCUT2D eigenvalue weighted by atomic mass is 9.72. The summed E-state index contributed by atoms with van der Waals surface area (Å²) in [6, 6.07) is 15.6. The van der Waals surface area contributed by atoms with Crippen molar-refractivity contribution < 1.29 is 66.6 Å². The van der Waals surface area contributed by atoms with E-state index in [0.717, 1.165) is 60.7 Å². The number of allylic oxidation sites excluding steroid dienone is 3. The van der Waals surface area contributed by atoms with Crippen molar-refractivity contribution in [3.05, 3.63) is 220 Å². The Balaban J connectivity index is 1.22. The minimum atomic E-state index is -5.91. The molecule has 0 amide bonds. The molecule has 0 bridgehead atoms. The van der Waals surface area contributed by atoms with E-state index in [1.165, 1.54) is 24.3 Å². The van der Waals surface area contributed by atoms with Crippen molar-refractivity contribution >= 4 is 96.8 Å². The number of carbonyl (C=O) groups excluding carboxylic acids is 6. The number of nitrogens with zero attached hydrogens (tertiary/aromatic N) is 18. The van der Waals surface area contributed by atoms with Gasteiger partial charge >= 0.3 is 30.4 Å². The maximum atomic E-state index is 15.3. The first-order valence-corrected chi connectivity index (χ1v) is 28.7. The summed E-state index contributed by atoms with van der Waals surface area (Å²) in [6.45, 7) is 6.92. The third-order valence-corrected chi connectivity index (χ3v) is 18.7. The van der Waals surface area contributed by atoms with Gasteiger partial charge in [0.2, 0.25) is 34.7 Å². The fourth-order valence-corrected chi connectivity index (χ4v) is 15.6. The highest BCUT2D eigenvalue weighted by Crippen LogP contribution is 2.65. The van der Waals surface area contributed by atoms with Crippen molar-refractivity contribution in [1.29, 1.82) is 0 Å². The van der Waals surface area contributed by atoms with Gasteiger partial charge in [-0.1, -0.05) is 119 Å². The molecule has 33 nitrogen and oxygen atoms in total. The normalized spacial score (nSPS) is 17.8. The van der Waals surface area contributed by atoms with Crippen LogP contribution in [0.4, 0.5) is 17.1 Å². The quantitative estimate of drug-likeness (QED) is 0.0309. The third kappa shape index (κ3) is 9.17. The number of azide groups is 6. The Bertz CT molecular complexity index is 5010. The average Bonchev–Trinajstić information content (AvgIpc) is 1.56. The van der Waals surface area contributed by atoms with Gasteiger partial charge in [0.25, 0.3) is 0 Å². The molecule has 0 aliphatic heterocycles. The molecule has 87 heavy (non-hydrogen) atoms. The number of benzene rings is 5. The van der Waals surface area contributed by atoms with Gasteiger partial charge in [0, 0.05) is 85.3 Å².